The van der Waals surface area contributed by atoms with E-state index in [1.165, 1.54) is 12.1 Å². The predicted octanol–water partition coefficient (Wildman–Crippen LogP) is 4.97. The fourth-order valence-electron chi connectivity index (χ4n) is 2.36. The third kappa shape index (κ3) is 2.83. The van der Waals surface area contributed by atoms with Crippen molar-refractivity contribution in [2.24, 2.45) is 0 Å². The van der Waals surface area contributed by atoms with Gasteiger partial charge in [-0.2, -0.15) is 4.98 Å². The molecule has 2 aromatic carbocycles. The van der Waals surface area contributed by atoms with Crippen molar-refractivity contribution in [2.45, 2.75) is 6.92 Å². The Morgan fingerprint density at radius 1 is 0.958 bits per heavy atom. The molecule has 0 aliphatic rings. The highest BCUT2D eigenvalue weighted by molar-refractivity contribution is 7.09. The van der Waals surface area contributed by atoms with Crippen LogP contribution >= 0.6 is 11.3 Å². The molecular weight excluding hydrogens is 325 g/mol. The normalized spacial score (nSPS) is 10.9. The highest BCUT2D eigenvalue weighted by atomic mass is 32.1. The van der Waals surface area contributed by atoms with Crippen molar-refractivity contribution >= 4 is 11.3 Å². The topological polar surface area (TPSA) is 51.8 Å². The van der Waals surface area contributed by atoms with Crippen LogP contribution in [0.3, 0.4) is 0 Å². The average Bonchev–Trinajstić information content (AvgIpc) is 3.25. The molecule has 0 aliphatic carbocycles. The summed E-state index contributed by atoms with van der Waals surface area (Å²) in [7, 11) is 0. The smallest absolute Gasteiger partial charge is 0.258 e. The summed E-state index contributed by atoms with van der Waals surface area (Å²) in [6.07, 6.45) is 0. The van der Waals surface area contributed by atoms with Gasteiger partial charge in [-0.15, -0.1) is 11.3 Å². The second kappa shape index (κ2) is 5.98. The molecule has 0 saturated heterocycles. The molecule has 4 rings (SSSR count). The monoisotopic (exact) mass is 337 g/mol. The van der Waals surface area contributed by atoms with Crippen LogP contribution in [-0.4, -0.2) is 15.1 Å². The van der Waals surface area contributed by atoms with Crippen LogP contribution < -0.4 is 0 Å². The van der Waals surface area contributed by atoms with E-state index in [1.54, 1.807) is 23.5 Å². The van der Waals surface area contributed by atoms with Crippen molar-refractivity contribution < 1.29 is 8.91 Å². The highest BCUT2D eigenvalue weighted by Gasteiger charge is 2.12. The summed E-state index contributed by atoms with van der Waals surface area (Å²) in [5.74, 6) is 0.549. The number of halogens is 1. The molecule has 0 radical (unpaired) electrons. The van der Waals surface area contributed by atoms with Gasteiger partial charge in [0.2, 0.25) is 5.82 Å². The Morgan fingerprint density at radius 2 is 1.75 bits per heavy atom. The molecule has 0 bridgehead atoms. The molecule has 4 aromatic rings. The largest absolute Gasteiger partial charge is 0.334 e. The van der Waals surface area contributed by atoms with Gasteiger partial charge in [0.05, 0.1) is 10.7 Å². The standard InChI is InChI=1S/C18H12FN3OS/c1-11-20-16(10-24-11)13-3-2-4-14(9-13)17-21-18(23-22-17)12-5-7-15(19)8-6-12/h2-10H,1H3. The first-order valence-corrected chi connectivity index (χ1v) is 8.19. The molecule has 0 unspecified atom stereocenters. The molecule has 6 heteroatoms. The lowest BCUT2D eigenvalue weighted by Crippen LogP contribution is -1.84. The summed E-state index contributed by atoms with van der Waals surface area (Å²) in [4.78, 5) is 8.90. The molecule has 2 aromatic heterocycles. The molecule has 24 heavy (non-hydrogen) atoms. The second-order valence-electron chi connectivity index (χ2n) is 5.26. The van der Waals surface area contributed by atoms with E-state index in [0.29, 0.717) is 17.3 Å². The van der Waals surface area contributed by atoms with Crippen molar-refractivity contribution in [1.82, 2.24) is 15.1 Å². The Hall–Kier alpha value is -2.86. The van der Waals surface area contributed by atoms with Crippen LogP contribution in [0.2, 0.25) is 0 Å². The third-order valence-corrected chi connectivity index (χ3v) is 4.33. The number of hydrogen-bond acceptors (Lipinski definition) is 5. The Bertz CT molecular complexity index is 991. The van der Waals surface area contributed by atoms with Gasteiger partial charge in [0.15, 0.2) is 0 Å². The quantitative estimate of drug-likeness (QED) is 0.529. The zero-order valence-corrected chi connectivity index (χ0v) is 13.5. The van der Waals surface area contributed by atoms with Crippen LogP contribution in [-0.2, 0) is 0 Å². The number of aryl methyl sites for hydroxylation is 1. The maximum atomic E-state index is 13.0. The molecule has 4 nitrogen and oxygen atoms in total. The average molecular weight is 337 g/mol. The van der Waals surface area contributed by atoms with Gasteiger partial charge in [-0.05, 0) is 37.3 Å². The molecular formula is C18H12FN3OS. The second-order valence-corrected chi connectivity index (χ2v) is 6.32. The Labute approximate surface area is 141 Å². The summed E-state index contributed by atoms with van der Waals surface area (Å²) in [5.41, 5.74) is 3.46. The lowest BCUT2D eigenvalue weighted by atomic mass is 10.1. The minimum atomic E-state index is -0.301. The Kier molecular flexibility index (Phi) is 3.66. The number of thiazole rings is 1. The molecule has 0 amide bonds. The molecule has 0 aliphatic heterocycles. The van der Waals surface area contributed by atoms with Crippen molar-refractivity contribution in [3.63, 3.8) is 0 Å². The summed E-state index contributed by atoms with van der Waals surface area (Å²) in [5, 5.41) is 7.07. The zero-order valence-electron chi connectivity index (χ0n) is 12.7. The van der Waals surface area contributed by atoms with Crippen molar-refractivity contribution in [3.8, 4) is 34.1 Å². The van der Waals surface area contributed by atoms with Crippen LogP contribution in [0, 0.1) is 12.7 Å². The number of hydrogen-bond donors (Lipinski definition) is 0. The Morgan fingerprint density at radius 3 is 2.50 bits per heavy atom. The van der Waals surface area contributed by atoms with Gasteiger partial charge in [0.25, 0.3) is 5.89 Å². The van der Waals surface area contributed by atoms with Crippen molar-refractivity contribution in [2.75, 3.05) is 0 Å². The lowest BCUT2D eigenvalue weighted by molar-refractivity contribution is 0.432. The summed E-state index contributed by atoms with van der Waals surface area (Å²) in [6, 6.07) is 13.8. The van der Waals surface area contributed by atoms with Crippen LogP contribution in [0.1, 0.15) is 5.01 Å². The molecule has 118 valence electrons. The van der Waals surface area contributed by atoms with Crippen molar-refractivity contribution in [3.05, 3.63) is 64.7 Å². The van der Waals surface area contributed by atoms with E-state index < -0.39 is 0 Å². The van der Waals surface area contributed by atoms with Gasteiger partial charge in [-0.25, -0.2) is 9.37 Å². The van der Waals surface area contributed by atoms with E-state index in [0.717, 1.165) is 21.8 Å². The van der Waals surface area contributed by atoms with Crippen LogP contribution in [0.4, 0.5) is 4.39 Å². The van der Waals surface area contributed by atoms with Crippen LogP contribution in [0.15, 0.2) is 58.4 Å². The highest BCUT2D eigenvalue weighted by Crippen LogP contribution is 2.27. The van der Waals surface area contributed by atoms with Gasteiger partial charge in [-0.3, -0.25) is 0 Å². The number of aromatic nitrogens is 3. The third-order valence-electron chi connectivity index (χ3n) is 3.55. The summed E-state index contributed by atoms with van der Waals surface area (Å²) >= 11 is 1.61. The van der Waals surface area contributed by atoms with E-state index in [1.807, 2.05) is 36.6 Å². The molecule has 2 heterocycles. The minimum Gasteiger partial charge on any atom is -0.334 e. The van der Waals surface area contributed by atoms with Gasteiger partial charge < -0.3 is 4.52 Å². The maximum Gasteiger partial charge on any atom is 0.258 e. The van der Waals surface area contributed by atoms with Gasteiger partial charge in [0, 0.05) is 22.1 Å². The van der Waals surface area contributed by atoms with E-state index in [-0.39, 0.29) is 5.82 Å². The fraction of sp³-hybridized carbons (Fsp3) is 0.0556. The van der Waals surface area contributed by atoms with E-state index in [2.05, 4.69) is 15.1 Å². The zero-order chi connectivity index (χ0) is 16.5. The van der Waals surface area contributed by atoms with Gasteiger partial charge >= 0.3 is 0 Å². The minimum absolute atomic E-state index is 0.301. The molecule has 0 spiro atoms. The summed E-state index contributed by atoms with van der Waals surface area (Å²) in [6.45, 7) is 1.98. The first-order valence-electron chi connectivity index (χ1n) is 7.31. The Balaban J connectivity index is 1.68. The lowest BCUT2D eigenvalue weighted by Gasteiger charge is -1.99. The maximum absolute atomic E-state index is 13.0. The van der Waals surface area contributed by atoms with Crippen molar-refractivity contribution in [1.29, 1.82) is 0 Å². The fourth-order valence-corrected chi connectivity index (χ4v) is 2.99. The SMILES string of the molecule is Cc1nc(-c2cccc(-c3noc(-c4ccc(F)cc4)n3)c2)cs1. The first kappa shape index (κ1) is 14.7. The van der Waals surface area contributed by atoms with Gasteiger partial charge in [0.1, 0.15) is 5.82 Å². The van der Waals surface area contributed by atoms with E-state index in [9.17, 15) is 4.39 Å². The number of rotatable bonds is 3. The predicted molar refractivity (Wildman–Crippen MR) is 91.0 cm³/mol. The molecule has 0 atom stereocenters. The number of benzene rings is 2. The molecule has 0 fully saturated rings. The first-order chi connectivity index (χ1) is 11.7. The molecule has 0 N–H and O–H groups in total. The van der Waals surface area contributed by atoms with Crippen LogP contribution in [0.25, 0.3) is 34.1 Å². The number of nitrogens with zero attached hydrogens (tertiary/aromatic N) is 3. The van der Waals surface area contributed by atoms with E-state index in [4.69, 9.17) is 4.52 Å². The molecule has 0 saturated carbocycles. The van der Waals surface area contributed by atoms with Gasteiger partial charge in [-0.1, -0.05) is 23.4 Å². The van der Waals surface area contributed by atoms with Crippen LogP contribution in [0.5, 0.6) is 0 Å². The van der Waals surface area contributed by atoms with E-state index >= 15 is 0 Å². The summed E-state index contributed by atoms with van der Waals surface area (Å²) < 4.78 is 18.3.